The van der Waals surface area contributed by atoms with E-state index in [1.807, 2.05) is 28.8 Å². The van der Waals surface area contributed by atoms with Gasteiger partial charge in [-0.2, -0.15) is 0 Å². The van der Waals surface area contributed by atoms with Crippen LogP contribution in [0.1, 0.15) is 168 Å². The summed E-state index contributed by atoms with van der Waals surface area (Å²) in [6.45, 7) is 0. The number of piperidine rings is 3. The highest BCUT2D eigenvalue weighted by atomic mass is 16.5. The summed E-state index contributed by atoms with van der Waals surface area (Å²) in [6, 6.07) is 15.0. The maximum Gasteiger partial charge on any atom is 0.368 e. The Morgan fingerprint density at radius 1 is 0.508 bits per heavy atom. The fourth-order valence-electron chi connectivity index (χ4n) is 15.6. The normalized spacial score (nSPS) is 35.4. The van der Waals surface area contributed by atoms with E-state index < -0.39 is 28.8 Å². The SMILES string of the molecule is O=C(O)c1nc2cc(OC(=O)c3nc4ccccc4n([C@H]4C[C@H]5CCC[C@@H](C4)N5C4CC5CCCC(C5)C4)c3=O)ccc2n([C@H]2C[C@H]3CC[C@@H](C2)N3C2CC3CCCC(C3)C2)c1=O. The van der Waals surface area contributed by atoms with E-state index in [1.54, 1.807) is 16.7 Å². The Morgan fingerprint density at radius 3 is 1.54 bits per heavy atom. The molecule has 6 heterocycles. The van der Waals surface area contributed by atoms with Gasteiger partial charge >= 0.3 is 11.9 Å². The van der Waals surface area contributed by atoms with Crippen molar-refractivity contribution in [1.29, 1.82) is 0 Å². The maximum atomic E-state index is 14.6. The number of para-hydroxylation sites is 2. The van der Waals surface area contributed by atoms with E-state index in [0.29, 0.717) is 47.3 Å². The van der Waals surface area contributed by atoms with Crippen molar-refractivity contribution in [1.82, 2.24) is 28.9 Å². The second-order valence-corrected chi connectivity index (χ2v) is 21.4. The average Bonchev–Trinajstić information content (AvgIpc) is 3.54. The Balaban J connectivity index is 0.823. The summed E-state index contributed by atoms with van der Waals surface area (Å²) >= 11 is 0. The predicted molar refractivity (Wildman–Crippen MR) is 239 cm³/mol. The van der Waals surface area contributed by atoms with Gasteiger partial charge in [0.2, 0.25) is 11.4 Å². The molecule has 8 bridgehead atoms. The number of carboxylic acids is 1. The van der Waals surface area contributed by atoms with Crippen LogP contribution in [-0.4, -0.2) is 82.2 Å². The number of hydrogen-bond acceptors (Lipinski definition) is 9. The molecule has 4 aliphatic carbocycles. The number of rotatable bonds is 7. The molecule has 4 aliphatic heterocycles. The van der Waals surface area contributed by atoms with Gasteiger partial charge in [-0.15, -0.1) is 0 Å². The van der Waals surface area contributed by atoms with Crippen LogP contribution in [0.4, 0.5) is 0 Å². The van der Waals surface area contributed by atoms with Gasteiger partial charge < -0.3 is 19.0 Å². The molecule has 1 N–H and O–H groups in total. The van der Waals surface area contributed by atoms with Crippen LogP contribution in [0.15, 0.2) is 52.1 Å². The largest absolute Gasteiger partial charge is 0.476 e. The first-order chi connectivity index (χ1) is 30.7. The van der Waals surface area contributed by atoms with E-state index in [1.165, 1.54) is 89.5 Å². The Morgan fingerprint density at radius 2 is 0.984 bits per heavy atom. The monoisotopic (exact) mass is 854 g/mol. The minimum Gasteiger partial charge on any atom is -0.476 e. The third-order valence-electron chi connectivity index (χ3n) is 17.8. The highest BCUT2D eigenvalue weighted by Gasteiger charge is 2.48. The van der Waals surface area contributed by atoms with E-state index >= 15 is 0 Å². The average molecular weight is 855 g/mol. The zero-order valence-electron chi connectivity index (χ0n) is 36.5. The van der Waals surface area contributed by atoms with Gasteiger partial charge in [0.25, 0.3) is 11.1 Å². The lowest BCUT2D eigenvalue weighted by Gasteiger charge is -2.55. The minimum absolute atomic E-state index is 0.0629. The first-order valence-corrected chi connectivity index (χ1v) is 24.8. The summed E-state index contributed by atoms with van der Waals surface area (Å²) in [7, 11) is 0. The Kier molecular flexibility index (Phi) is 10.1. The number of fused-ring (bicyclic) bond motifs is 10. The summed E-state index contributed by atoms with van der Waals surface area (Å²) in [6.07, 6.45) is 25.2. The number of hydrogen-bond donors (Lipinski definition) is 1. The number of aromatic carboxylic acids is 1. The van der Waals surface area contributed by atoms with E-state index in [9.17, 15) is 24.3 Å². The van der Waals surface area contributed by atoms with Gasteiger partial charge in [0.05, 0.1) is 22.1 Å². The summed E-state index contributed by atoms with van der Waals surface area (Å²) in [4.78, 5) is 70.0. The zero-order chi connectivity index (χ0) is 42.5. The molecular weight excluding hydrogens is 793 g/mol. The van der Waals surface area contributed by atoms with E-state index in [0.717, 1.165) is 80.6 Å². The van der Waals surface area contributed by atoms with Gasteiger partial charge in [-0.1, -0.05) is 57.1 Å². The number of carbonyl (C=O) groups is 2. The molecule has 8 fully saturated rings. The molecule has 12 nitrogen and oxygen atoms in total. The Labute approximate surface area is 368 Å². The van der Waals surface area contributed by atoms with E-state index in [2.05, 4.69) is 19.8 Å². The van der Waals surface area contributed by atoms with Crippen molar-refractivity contribution < 1.29 is 19.4 Å². The smallest absolute Gasteiger partial charge is 0.368 e. The van der Waals surface area contributed by atoms with Crippen LogP contribution in [0, 0.1) is 23.7 Å². The van der Waals surface area contributed by atoms with Crippen molar-refractivity contribution in [2.45, 2.75) is 183 Å². The molecular formula is C51H62N6O6. The molecule has 12 heteroatoms. The lowest BCUT2D eigenvalue weighted by atomic mass is 9.68. The molecule has 4 unspecified atom stereocenters. The molecule has 2 aromatic heterocycles. The van der Waals surface area contributed by atoms with Gasteiger partial charge in [0.1, 0.15) is 5.75 Å². The summed E-state index contributed by atoms with van der Waals surface area (Å²) in [5.41, 5.74) is 0.237. The van der Waals surface area contributed by atoms with Crippen LogP contribution in [0.5, 0.6) is 5.75 Å². The third kappa shape index (κ3) is 7.07. The molecule has 4 saturated carbocycles. The predicted octanol–water partition coefficient (Wildman–Crippen LogP) is 8.69. The highest BCUT2D eigenvalue weighted by Crippen LogP contribution is 2.50. The number of aromatic nitrogens is 4. The summed E-state index contributed by atoms with van der Waals surface area (Å²) in [5.74, 6) is 1.23. The van der Waals surface area contributed by atoms with Gasteiger partial charge in [-0.25, -0.2) is 19.6 Å². The lowest BCUT2D eigenvalue weighted by Crippen LogP contribution is -2.58. The van der Waals surface area contributed by atoms with Gasteiger partial charge in [-0.05, 0) is 138 Å². The minimum atomic E-state index is -1.38. The fourth-order valence-corrected chi connectivity index (χ4v) is 15.6. The molecule has 10 atom stereocenters. The summed E-state index contributed by atoms with van der Waals surface area (Å²) < 4.78 is 9.46. The zero-order valence-corrected chi connectivity index (χ0v) is 36.5. The van der Waals surface area contributed by atoms with E-state index in [-0.39, 0.29) is 29.0 Å². The number of nitrogens with zero attached hydrogens (tertiary/aromatic N) is 6. The molecule has 4 saturated heterocycles. The Hall–Kier alpha value is -4.42. The first-order valence-electron chi connectivity index (χ1n) is 24.8. The standard InChI is InChI=1S/C51H62N6O6/c58-48-46(50(60)61)53-43-28-41(16-17-45(43)57(48)40-26-35-14-15-36(27-40)55(35)38-22-31-8-4-9-32(19-31)23-38)63-51(62)47-49(59)56(44-13-2-1-12-42(44)52-47)39-24-33-10-5-11-34(25-39)54(33)37-20-29-6-3-7-30(18-29)21-37/h1-2,12-13,16-17,28-40H,3-11,14-15,18-27H2,(H,60,61)/t29?,30?,31?,32?,33-,34+,35-,36+,37?,38?,39+,40+. The molecule has 63 heavy (non-hydrogen) atoms. The van der Waals surface area contributed by atoms with Gasteiger partial charge in [-0.3, -0.25) is 19.4 Å². The van der Waals surface area contributed by atoms with Gasteiger partial charge in [0.15, 0.2) is 0 Å². The molecule has 12 rings (SSSR count). The number of carboxylic acid groups (broad SMARTS) is 1. The quantitative estimate of drug-likeness (QED) is 0.142. The lowest BCUT2D eigenvalue weighted by molar-refractivity contribution is -0.0486. The Bertz CT molecular complexity index is 2540. The van der Waals surface area contributed by atoms with E-state index in [4.69, 9.17) is 4.74 Å². The highest BCUT2D eigenvalue weighted by molar-refractivity contribution is 5.92. The second-order valence-electron chi connectivity index (χ2n) is 21.4. The molecule has 4 aromatic rings. The van der Waals surface area contributed by atoms with Crippen LogP contribution in [-0.2, 0) is 0 Å². The van der Waals surface area contributed by atoms with Crippen molar-refractivity contribution in [3.05, 3.63) is 74.6 Å². The number of esters is 1. The van der Waals surface area contributed by atoms with Crippen molar-refractivity contribution in [3.63, 3.8) is 0 Å². The molecule has 0 radical (unpaired) electrons. The van der Waals surface area contributed by atoms with Crippen LogP contribution in [0.3, 0.4) is 0 Å². The van der Waals surface area contributed by atoms with Crippen molar-refractivity contribution in [2.75, 3.05) is 0 Å². The van der Waals surface area contributed by atoms with Crippen LogP contribution in [0.2, 0.25) is 0 Å². The fraction of sp³-hybridized carbons (Fsp3) is 0.647. The molecule has 2 aromatic carbocycles. The molecule has 332 valence electrons. The topological polar surface area (TPSA) is 140 Å². The summed E-state index contributed by atoms with van der Waals surface area (Å²) in [5, 5.41) is 10.2. The maximum absolute atomic E-state index is 14.6. The third-order valence-corrected chi connectivity index (χ3v) is 17.8. The van der Waals surface area contributed by atoms with Crippen molar-refractivity contribution in [2.24, 2.45) is 23.7 Å². The molecule has 0 amide bonds. The second kappa shape index (κ2) is 15.9. The first kappa shape index (κ1) is 40.1. The molecule has 8 aliphatic rings. The van der Waals surface area contributed by atoms with Crippen molar-refractivity contribution >= 4 is 34.0 Å². The van der Waals surface area contributed by atoms with Crippen LogP contribution < -0.4 is 15.9 Å². The number of carbonyl (C=O) groups excluding carboxylic acids is 1. The van der Waals surface area contributed by atoms with Crippen LogP contribution in [0.25, 0.3) is 22.1 Å². The number of ether oxygens (including phenoxy) is 1. The number of benzene rings is 2. The molecule has 0 spiro atoms. The van der Waals surface area contributed by atoms with Crippen LogP contribution >= 0.6 is 0 Å². The van der Waals surface area contributed by atoms with Crippen molar-refractivity contribution in [3.8, 4) is 5.75 Å². The van der Waals surface area contributed by atoms with Gasteiger partial charge in [0, 0.05) is 54.4 Å².